The van der Waals surface area contributed by atoms with E-state index in [-0.39, 0.29) is 5.91 Å². The highest BCUT2D eigenvalue weighted by atomic mass is 16.1. The van der Waals surface area contributed by atoms with Gasteiger partial charge in [-0.3, -0.25) is 4.79 Å². The average molecular weight is 301 g/mol. The van der Waals surface area contributed by atoms with Crippen LogP contribution in [0.1, 0.15) is 32.6 Å². The molecule has 0 spiro atoms. The lowest BCUT2D eigenvalue weighted by atomic mass is 10.0. The van der Waals surface area contributed by atoms with Crippen molar-refractivity contribution in [3.8, 4) is 0 Å². The first-order valence-corrected chi connectivity index (χ1v) is 8.05. The largest absolute Gasteiger partial charge is 0.321 e. The van der Waals surface area contributed by atoms with Crippen molar-refractivity contribution in [2.24, 2.45) is 0 Å². The van der Waals surface area contributed by atoms with Crippen LogP contribution in [0.3, 0.4) is 0 Å². The minimum atomic E-state index is -0.0371. The zero-order chi connectivity index (χ0) is 16.0. The molecule has 1 amide bonds. The maximum absolute atomic E-state index is 12.7. The molecule has 1 N–H and O–H groups in total. The van der Waals surface area contributed by atoms with Gasteiger partial charge >= 0.3 is 0 Å². The molecule has 1 aliphatic carbocycles. The van der Waals surface area contributed by atoms with Crippen LogP contribution in [0.2, 0.25) is 0 Å². The first-order valence-electron chi connectivity index (χ1n) is 8.05. The van der Waals surface area contributed by atoms with Gasteiger partial charge in [-0.15, -0.1) is 0 Å². The van der Waals surface area contributed by atoms with E-state index in [1.807, 2.05) is 38.1 Å². The van der Waals surface area contributed by atoms with Crippen molar-refractivity contribution in [2.75, 3.05) is 5.32 Å². The molecular formula is C21H19NO. The molecule has 0 saturated heterocycles. The summed E-state index contributed by atoms with van der Waals surface area (Å²) in [5.74, 6) is -0.0371. The van der Waals surface area contributed by atoms with Gasteiger partial charge in [-0.2, -0.15) is 0 Å². The van der Waals surface area contributed by atoms with Crippen LogP contribution in [-0.4, -0.2) is 5.91 Å². The summed E-state index contributed by atoms with van der Waals surface area (Å²) in [4.78, 5) is 12.7. The standard InChI is InChI=1S/C21H19NO/c1-13-6-7-14(2)18(12-13)21(23)22-19-11-10-16-9-8-15-4-3-5-17(19)20(15)16/h3-7,10-12H,8-9H2,1-2H3,(H,22,23). The van der Waals surface area contributed by atoms with Crippen molar-refractivity contribution in [1.82, 2.24) is 0 Å². The van der Waals surface area contributed by atoms with Crippen molar-refractivity contribution in [2.45, 2.75) is 26.7 Å². The Kier molecular flexibility index (Phi) is 3.19. The van der Waals surface area contributed by atoms with Crippen molar-refractivity contribution in [3.05, 3.63) is 76.3 Å². The molecule has 0 atom stereocenters. The SMILES string of the molecule is Cc1ccc(C)c(C(=O)Nc2ccc3c4c(cccc24)CC3)c1. The van der Waals surface area contributed by atoms with Crippen LogP contribution in [0, 0.1) is 13.8 Å². The van der Waals surface area contributed by atoms with E-state index in [0.717, 1.165) is 40.6 Å². The van der Waals surface area contributed by atoms with E-state index < -0.39 is 0 Å². The van der Waals surface area contributed by atoms with Gasteiger partial charge in [0.15, 0.2) is 0 Å². The van der Waals surface area contributed by atoms with Gasteiger partial charge in [0.1, 0.15) is 0 Å². The van der Waals surface area contributed by atoms with E-state index in [1.54, 1.807) is 0 Å². The molecular weight excluding hydrogens is 282 g/mol. The molecule has 23 heavy (non-hydrogen) atoms. The number of anilines is 1. The van der Waals surface area contributed by atoms with E-state index in [1.165, 1.54) is 16.5 Å². The van der Waals surface area contributed by atoms with Gasteiger partial charge < -0.3 is 5.32 Å². The van der Waals surface area contributed by atoms with Crippen molar-refractivity contribution in [1.29, 1.82) is 0 Å². The minimum Gasteiger partial charge on any atom is -0.321 e. The molecule has 2 nitrogen and oxygen atoms in total. The van der Waals surface area contributed by atoms with Crippen molar-refractivity contribution in [3.63, 3.8) is 0 Å². The Labute approximate surface area is 136 Å². The quantitative estimate of drug-likeness (QED) is 0.723. The zero-order valence-electron chi connectivity index (χ0n) is 13.4. The summed E-state index contributed by atoms with van der Waals surface area (Å²) in [5.41, 5.74) is 6.52. The van der Waals surface area contributed by atoms with Gasteiger partial charge in [0.2, 0.25) is 0 Å². The number of nitrogens with one attached hydrogen (secondary N) is 1. The van der Waals surface area contributed by atoms with E-state index in [0.29, 0.717) is 0 Å². The minimum absolute atomic E-state index is 0.0371. The van der Waals surface area contributed by atoms with Crippen LogP contribution in [0.4, 0.5) is 5.69 Å². The number of aryl methyl sites for hydroxylation is 4. The fourth-order valence-corrected chi connectivity index (χ4v) is 3.53. The smallest absolute Gasteiger partial charge is 0.255 e. The average Bonchev–Trinajstić information content (AvgIpc) is 2.97. The van der Waals surface area contributed by atoms with Gasteiger partial charge in [-0.1, -0.05) is 42.0 Å². The Hall–Kier alpha value is -2.61. The molecule has 3 aromatic carbocycles. The van der Waals surface area contributed by atoms with E-state index in [2.05, 4.69) is 29.6 Å². The summed E-state index contributed by atoms with van der Waals surface area (Å²) < 4.78 is 0. The molecule has 0 aliphatic heterocycles. The van der Waals surface area contributed by atoms with E-state index >= 15 is 0 Å². The molecule has 0 saturated carbocycles. The number of carbonyl (C=O) groups excluding carboxylic acids is 1. The van der Waals surface area contributed by atoms with E-state index in [4.69, 9.17) is 0 Å². The van der Waals surface area contributed by atoms with Crippen LogP contribution in [0.15, 0.2) is 48.5 Å². The first-order chi connectivity index (χ1) is 11.1. The molecule has 114 valence electrons. The topological polar surface area (TPSA) is 29.1 Å². The van der Waals surface area contributed by atoms with Crippen LogP contribution >= 0.6 is 0 Å². The maximum atomic E-state index is 12.7. The second-order valence-corrected chi connectivity index (χ2v) is 6.38. The van der Waals surface area contributed by atoms with Crippen molar-refractivity contribution < 1.29 is 4.79 Å². The number of amides is 1. The third-order valence-corrected chi connectivity index (χ3v) is 4.76. The van der Waals surface area contributed by atoms with Gasteiger partial charge in [0.25, 0.3) is 5.91 Å². The Morgan fingerprint density at radius 3 is 2.57 bits per heavy atom. The predicted molar refractivity (Wildman–Crippen MR) is 95.2 cm³/mol. The summed E-state index contributed by atoms with van der Waals surface area (Å²) >= 11 is 0. The number of carbonyl (C=O) groups is 1. The molecule has 0 bridgehead atoms. The number of hydrogen-bond donors (Lipinski definition) is 1. The second-order valence-electron chi connectivity index (χ2n) is 6.38. The lowest BCUT2D eigenvalue weighted by molar-refractivity contribution is 0.102. The summed E-state index contributed by atoms with van der Waals surface area (Å²) in [7, 11) is 0. The monoisotopic (exact) mass is 301 g/mol. The second kappa shape index (κ2) is 5.24. The van der Waals surface area contributed by atoms with Crippen LogP contribution < -0.4 is 5.32 Å². The highest BCUT2D eigenvalue weighted by molar-refractivity contribution is 6.11. The lowest BCUT2D eigenvalue weighted by Gasteiger charge is -2.12. The zero-order valence-corrected chi connectivity index (χ0v) is 13.4. The van der Waals surface area contributed by atoms with Crippen LogP contribution in [-0.2, 0) is 12.8 Å². The predicted octanol–water partition coefficient (Wildman–Crippen LogP) is 4.81. The highest BCUT2D eigenvalue weighted by Gasteiger charge is 2.17. The Bertz CT molecular complexity index is 930. The fraction of sp³-hybridized carbons (Fsp3) is 0.190. The normalized spacial score (nSPS) is 12.6. The summed E-state index contributed by atoms with van der Waals surface area (Å²) in [6, 6.07) is 16.5. The summed E-state index contributed by atoms with van der Waals surface area (Å²) in [6.07, 6.45) is 2.20. The molecule has 0 unspecified atom stereocenters. The van der Waals surface area contributed by atoms with E-state index in [9.17, 15) is 4.79 Å². The Morgan fingerprint density at radius 1 is 0.957 bits per heavy atom. The first kappa shape index (κ1) is 14.0. The third-order valence-electron chi connectivity index (χ3n) is 4.76. The summed E-state index contributed by atoms with van der Waals surface area (Å²) in [6.45, 7) is 3.98. The van der Waals surface area contributed by atoms with Crippen molar-refractivity contribution >= 4 is 22.4 Å². The Morgan fingerprint density at radius 2 is 1.74 bits per heavy atom. The number of benzene rings is 3. The molecule has 1 aliphatic rings. The molecule has 0 radical (unpaired) electrons. The van der Waals surface area contributed by atoms with Gasteiger partial charge in [-0.25, -0.2) is 0 Å². The summed E-state index contributed by atoms with van der Waals surface area (Å²) in [5, 5.41) is 5.59. The molecule has 0 heterocycles. The lowest BCUT2D eigenvalue weighted by Crippen LogP contribution is -2.14. The highest BCUT2D eigenvalue weighted by Crippen LogP contribution is 2.35. The fourth-order valence-electron chi connectivity index (χ4n) is 3.53. The third kappa shape index (κ3) is 2.31. The van der Waals surface area contributed by atoms with Gasteiger partial charge in [-0.05, 0) is 60.9 Å². The molecule has 0 fully saturated rings. The maximum Gasteiger partial charge on any atom is 0.255 e. The van der Waals surface area contributed by atoms with Gasteiger partial charge in [0.05, 0.1) is 0 Å². The van der Waals surface area contributed by atoms with Crippen LogP contribution in [0.25, 0.3) is 10.8 Å². The molecule has 2 heteroatoms. The number of rotatable bonds is 2. The molecule has 4 rings (SSSR count). The number of hydrogen-bond acceptors (Lipinski definition) is 1. The molecule has 0 aromatic heterocycles. The Balaban J connectivity index is 1.77. The van der Waals surface area contributed by atoms with Crippen LogP contribution in [0.5, 0.6) is 0 Å². The van der Waals surface area contributed by atoms with Gasteiger partial charge in [0, 0.05) is 16.6 Å². The molecule has 3 aromatic rings.